The molecule has 0 saturated carbocycles. The van der Waals surface area contributed by atoms with Gasteiger partial charge in [0.1, 0.15) is 6.61 Å². The van der Waals surface area contributed by atoms with Crippen LogP contribution in [0, 0.1) is 11.8 Å². The van der Waals surface area contributed by atoms with Gasteiger partial charge in [-0.1, -0.05) is 23.4 Å². The first-order chi connectivity index (χ1) is 9.53. The molecule has 104 valence electrons. The van der Waals surface area contributed by atoms with Gasteiger partial charge in [-0.15, -0.1) is 0 Å². The summed E-state index contributed by atoms with van der Waals surface area (Å²) in [6.07, 6.45) is 2.46. The van der Waals surface area contributed by atoms with Crippen LogP contribution in [0.2, 0.25) is 5.02 Å². The van der Waals surface area contributed by atoms with Gasteiger partial charge in [-0.3, -0.25) is 4.72 Å². The van der Waals surface area contributed by atoms with Crippen LogP contribution in [-0.2, 0) is 10.0 Å². The van der Waals surface area contributed by atoms with E-state index in [-0.39, 0.29) is 17.3 Å². The number of anilines is 1. The molecule has 0 radical (unpaired) electrons. The number of hydrogen-bond donors (Lipinski definition) is 3. The molecule has 0 saturated heterocycles. The zero-order valence-corrected chi connectivity index (χ0v) is 11.7. The lowest BCUT2D eigenvalue weighted by Gasteiger charge is -2.08. The van der Waals surface area contributed by atoms with Crippen molar-refractivity contribution in [3.63, 3.8) is 0 Å². The smallest absolute Gasteiger partial charge is 0.279 e. The predicted octanol–water partition coefficient (Wildman–Crippen LogP) is 1.21. The second-order valence-electron chi connectivity index (χ2n) is 3.67. The van der Waals surface area contributed by atoms with E-state index in [1.165, 1.54) is 30.7 Å². The fourth-order valence-electron chi connectivity index (χ4n) is 1.43. The SMILES string of the molecule is O=S(=O)(Nc1ccc(Cl)cc1C#CCO)c1cnc[nH]1. The molecule has 3 N–H and O–H groups in total. The van der Waals surface area contributed by atoms with E-state index in [9.17, 15) is 8.42 Å². The van der Waals surface area contributed by atoms with E-state index in [0.717, 1.165) is 0 Å². The molecule has 0 aliphatic heterocycles. The molecule has 2 rings (SSSR count). The number of H-pyrrole nitrogens is 1. The summed E-state index contributed by atoms with van der Waals surface area (Å²) in [6, 6.07) is 4.54. The molecule has 0 bridgehead atoms. The summed E-state index contributed by atoms with van der Waals surface area (Å²) >= 11 is 5.84. The number of halogens is 1. The highest BCUT2D eigenvalue weighted by Crippen LogP contribution is 2.22. The molecule has 1 aromatic carbocycles. The first-order valence-corrected chi connectivity index (χ1v) is 7.29. The number of aliphatic hydroxyl groups is 1. The zero-order chi connectivity index (χ0) is 14.6. The molecule has 8 heteroatoms. The third-order valence-electron chi connectivity index (χ3n) is 2.29. The van der Waals surface area contributed by atoms with E-state index in [0.29, 0.717) is 10.6 Å². The van der Waals surface area contributed by atoms with Crippen molar-refractivity contribution in [2.75, 3.05) is 11.3 Å². The first kappa shape index (κ1) is 14.4. The third kappa shape index (κ3) is 3.30. The maximum absolute atomic E-state index is 12.1. The zero-order valence-electron chi connectivity index (χ0n) is 10.1. The highest BCUT2D eigenvalue weighted by atomic mass is 35.5. The van der Waals surface area contributed by atoms with Gasteiger partial charge in [-0.2, -0.15) is 8.42 Å². The minimum Gasteiger partial charge on any atom is -0.384 e. The van der Waals surface area contributed by atoms with Gasteiger partial charge in [0.15, 0.2) is 5.03 Å². The number of hydrogen-bond acceptors (Lipinski definition) is 4. The lowest BCUT2D eigenvalue weighted by atomic mass is 10.2. The Morgan fingerprint density at radius 1 is 1.45 bits per heavy atom. The number of nitrogens with one attached hydrogen (secondary N) is 2. The quantitative estimate of drug-likeness (QED) is 0.742. The van der Waals surface area contributed by atoms with Gasteiger partial charge in [-0.05, 0) is 18.2 Å². The van der Waals surface area contributed by atoms with Crippen LogP contribution in [0.5, 0.6) is 0 Å². The Bertz CT molecular complexity index is 761. The number of benzene rings is 1. The number of aromatic nitrogens is 2. The Morgan fingerprint density at radius 2 is 2.25 bits per heavy atom. The summed E-state index contributed by atoms with van der Waals surface area (Å²) in [5.41, 5.74) is 0.639. The fourth-order valence-corrected chi connectivity index (χ4v) is 2.59. The van der Waals surface area contributed by atoms with Crippen molar-refractivity contribution in [2.45, 2.75) is 5.03 Å². The molecule has 0 atom stereocenters. The molecule has 0 amide bonds. The minimum absolute atomic E-state index is 0.0616. The van der Waals surface area contributed by atoms with Gasteiger partial charge in [0, 0.05) is 5.02 Å². The van der Waals surface area contributed by atoms with E-state index in [1.54, 1.807) is 0 Å². The number of imidazole rings is 1. The molecule has 1 heterocycles. The second kappa shape index (κ2) is 5.96. The molecular weight excluding hydrogens is 302 g/mol. The topological polar surface area (TPSA) is 95.1 Å². The Morgan fingerprint density at radius 3 is 2.90 bits per heavy atom. The number of aliphatic hydroxyl groups excluding tert-OH is 1. The van der Waals surface area contributed by atoms with Crippen molar-refractivity contribution in [3.8, 4) is 11.8 Å². The van der Waals surface area contributed by atoms with Crippen molar-refractivity contribution in [2.24, 2.45) is 0 Å². The molecule has 0 unspecified atom stereocenters. The van der Waals surface area contributed by atoms with E-state index >= 15 is 0 Å². The van der Waals surface area contributed by atoms with E-state index < -0.39 is 10.0 Å². The predicted molar refractivity (Wildman–Crippen MR) is 74.8 cm³/mol. The van der Waals surface area contributed by atoms with Crippen LogP contribution in [-0.4, -0.2) is 30.1 Å². The summed E-state index contributed by atoms with van der Waals surface area (Å²) in [5, 5.41) is 9.06. The molecule has 6 nitrogen and oxygen atoms in total. The van der Waals surface area contributed by atoms with Crippen molar-refractivity contribution in [1.29, 1.82) is 0 Å². The first-order valence-electron chi connectivity index (χ1n) is 5.43. The third-order valence-corrected chi connectivity index (χ3v) is 3.82. The maximum atomic E-state index is 12.1. The van der Waals surface area contributed by atoms with Crippen molar-refractivity contribution in [1.82, 2.24) is 9.97 Å². The minimum atomic E-state index is -3.77. The van der Waals surface area contributed by atoms with E-state index in [2.05, 4.69) is 26.5 Å². The van der Waals surface area contributed by atoms with E-state index in [1.807, 2.05) is 0 Å². The Hall–Kier alpha value is -2.01. The number of aromatic amines is 1. The Labute approximate surface area is 120 Å². The normalized spacial score (nSPS) is 10.7. The van der Waals surface area contributed by atoms with Crippen LogP contribution < -0.4 is 4.72 Å². The lowest BCUT2D eigenvalue weighted by molar-refractivity contribution is 0.350. The van der Waals surface area contributed by atoms with Crippen LogP contribution in [0.3, 0.4) is 0 Å². The van der Waals surface area contributed by atoms with Gasteiger partial charge in [0.2, 0.25) is 0 Å². The van der Waals surface area contributed by atoms with Crippen LogP contribution in [0.4, 0.5) is 5.69 Å². The van der Waals surface area contributed by atoms with Gasteiger partial charge in [-0.25, -0.2) is 4.98 Å². The van der Waals surface area contributed by atoms with E-state index in [4.69, 9.17) is 16.7 Å². The number of sulfonamides is 1. The molecule has 0 fully saturated rings. The maximum Gasteiger partial charge on any atom is 0.279 e. The molecule has 2 aromatic rings. The average molecular weight is 312 g/mol. The van der Waals surface area contributed by atoms with Gasteiger partial charge >= 0.3 is 0 Å². The highest BCUT2D eigenvalue weighted by molar-refractivity contribution is 7.92. The molecule has 0 aliphatic carbocycles. The van der Waals surface area contributed by atoms with Crippen LogP contribution in [0.1, 0.15) is 5.56 Å². The van der Waals surface area contributed by atoms with Crippen molar-refractivity contribution >= 4 is 27.3 Å². The van der Waals surface area contributed by atoms with Gasteiger partial charge in [0.25, 0.3) is 10.0 Å². The van der Waals surface area contributed by atoms with Crippen LogP contribution >= 0.6 is 11.6 Å². The summed E-state index contributed by atoms with van der Waals surface area (Å²) in [7, 11) is -3.77. The number of rotatable bonds is 3. The molecular formula is C12H10ClN3O3S. The highest BCUT2D eigenvalue weighted by Gasteiger charge is 2.17. The summed E-state index contributed by atoms with van der Waals surface area (Å²) < 4.78 is 26.5. The second-order valence-corrected chi connectivity index (χ2v) is 5.76. The van der Waals surface area contributed by atoms with Crippen LogP contribution in [0.15, 0.2) is 35.7 Å². The Balaban J connectivity index is 2.39. The number of nitrogens with zero attached hydrogens (tertiary/aromatic N) is 1. The standard InChI is InChI=1S/C12H10ClN3O3S/c13-10-3-4-11(9(6-10)2-1-5-17)16-20(18,19)12-7-14-8-15-12/h3-4,6-8,16-17H,5H2,(H,14,15). The van der Waals surface area contributed by atoms with Gasteiger partial charge in [0.05, 0.1) is 23.8 Å². The molecule has 0 spiro atoms. The van der Waals surface area contributed by atoms with Crippen molar-refractivity contribution in [3.05, 3.63) is 41.3 Å². The Kier molecular flexibility index (Phi) is 4.29. The molecule has 1 aromatic heterocycles. The molecule has 0 aliphatic rings. The summed E-state index contributed by atoms with van der Waals surface area (Å²) in [6.45, 7) is -0.334. The molecule has 20 heavy (non-hydrogen) atoms. The largest absolute Gasteiger partial charge is 0.384 e. The monoisotopic (exact) mass is 311 g/mol. The van der Waals surface area contributed by atoms with Crippen molar-refractivity contribution < 1.29 is 13.5 Å². The summed E-state index contributed by atoms with van der Waals surface area (Å²) in [4.78, 5) is 6.17. The lowest BCUT2D eigenvalue weighted by Crippen LogP contribution is -2.14. The average Bonchev–Trinajstić information content (AvgIpc) is 2.93. The fraction of sp³-hybridized carbons (Fsp3) is 0.0833. The van der Waals surface area contributed by atoms with Gasteiger partial charge < -0.3 is 10.1 Å². The summed E-state index contributed by atoms with van der Waals surface area (Å²) in [5.74, 6) is 5.08. The van der Waals surface area contributed by atoms with Crippen LogP contribution in [0.25, 0.3) is 0 Å².